The molecule has 0 saturated carbocycles. The molecule has 0 aromatic rings. The molecule has 3 N–H and O–H groups in total. The van der Waals surface area contributed by atoms with Gasteiger partial charge in [0.05, 0.1) is 19.6 Å². The van der Waals surface area contributed by atoms with Crippen molar-refractivity contribution in [1.29, 1.82) is 0 Å². The Labute approximate surface area is 316 Å². The molecule has 10 heteroatoms. The van der Waals surface area contributed by atoms with Gasteiger partial charge in [-0.15, -0.1) is 5.53 Å². The first-order chi connectivity index (χ1) is 16.3. The first kappa shape index (κ1) is 61.7. The van der Waals surface area contributed by atoms with Crippen LogP contribution in [0.4, 0.5) is 0 Å². The molecular formula is C30H69Br4Cu2N4+. The Kier molecular flexibility index (Phi) is 64.5. The van der Waals surface area contributed by atoms with Crippen molar-refractivity contribution in [3.05, 3.63) is 0 Å². The third-order valence-corrected chi connectivity index (χ3v) is 8.74. The molecule has 0 heterocycles. The van der Waals surface area contributed by atoms with Crippen LogP contribution in [0.5, 0.6) is 0 Å². The smallest absolute Gasteiger partial charge is 1.00 e. The van der Waals surface area contributed by atoms with E-state index in [-0.39, 0.29) is 102 Å². The third-order valence-electron chi connectivity index (χ3n) is 8.74. The Morgan fingerprint density at radius 1 is 0.625 bits per heavy atom. The number of nitrogens with one attached hydrogen (secondary N) is 1. The fourth-order valence-corrected chi connectivity index (χ4v) is 5.67. The Morgan fingerprint density at radius 2 is 1.00 bits per heavy atom. The minimum Gasteiger partial charge on any atom is -1.00 e. The van der Waals surface area contributed by atoms with Gasteiger partial charge in [-0.05, 0) is 82.8 Å². The molecule has 40 heavy (non-hydrogen) atoms. The van der Waals surface area contributed by atoms with E-state index in [4.69, 9.17) is 5.84 Å². The third kappa shape index (κ3) is 29.5. The quantitative estimate of drug-likeness (QED) is 0.0536. The number of hydrogen-bond donors (Lipinski definition) is 2. The Morgan fingerprint density at radius 3 is 1.27 bits per heavy atom. The number of nitrogens with two attached hydrogens (primary N) is 1. The van der Waals surface area contributed by atoms with Crippen molar-refractivity contribution in [2.24, 2.45) is 29.5 Å². The summed E-state index contributed by atoms with van der Waals surface area (Å²) in [5.41, 5.74) is 2.99. The van der Waals surface area contributed by atoms with E-state index >= 15 is 0 Å². The zero-order valence-electron chi connectivity index (χ0n) is 27.7. The van der Waals surface area contributed by atoms with Crippen molar-refractivity contribution in [2.45, 2.75) is 133 Å². The standard InChI is InChI=1S/C15H36N3.C15H33N.4BrH.2Cu/c1-6-11-15(7-2)14(5)12-10-13-18(8-3,9-4)17-16;1-6-11-15(7-2)14(5)12-10-13-16(8-3)9-4;;;;;;/h14-15,17H,6-13,16H2,1-5H3;14-15H,6-13H2,1-5H3;4*1H;;/q+1;;;;;;2*+2/p-4/i18+2;16+2;;;;;;. The maximum atomic E-state index is 5.70. The van der Waals surface area contributed by atoms with E-state index in [1.54, 1.807) is 0 Å². The van der Waals surface area contributed by atoms with Gasteiger partial charge in [-0.2, -0.15) is 0 Å². The molecule has 0 amide bonds. The average Bonchev–Trinajstić information content (AvgIpc) is 2.86. The summed E-state index contributed by atoms with van der Waals surface area (Å²) in [6.07, 6.45) is 13.5. The summed E-state index contributed by atoms with van der Waals surface area (Å²) in [6, 6.07) is 0. The molecule has 0 bridgehead atoms. The van der Waals surface area contributed by atoms with Crippen LogP contribution in [0.1, 0.15) is 133 Å². The molecule has 0 fully saturated rings. The Hall–Kier alpha value is 2.80. The molecule has 2 radical (unpaired) electrons. The topological polar surface area (TPSA) is 41.3 Å². The summed E-state index contributed by atoms with van der Waals surface area (Å²) in [6.45, 7) is 30.1. The summed E-state index contributed by atoms with van der Waals surface area (Å²) in [5, 5.41) is 0. The van der Waals surface area contributed by atoms with Crippen LogP contribution in [0.15, 0.2) is 0 Å². The first-order valence-electron chi connectivity index (χ1n) is 15.3. The van der Waals surface area contributed by atoms with E-state index in [1.807, 2.05) is 0 Å². The molecule has 0 rings (SSSR count). The number of nitrogens with zero attached hydrogens (tertiary/aromatic N) is 2. The van der Waals surface area contributed by atoms with Crippen molar-refractivity contribution in [3.63, 3.8) is 0 Å². The van der Waals surface area contributed by atoms with E-state index in [0.29, 0.717) is 0 Å². The van der Waals surface area contributed by atoms with Crippen LogP contribution in [0.3, 0.4) is 0 Å². The zero-order chi connectivity index (χ0) is 26.4. The summed E-state index contributed by atoms with van der Waals surface area (Å²) in [7, 11) is 0. The number of rotatable bonds is 21. The number of hydrogen-bond acceptors (Lipinski definition) is 3. The maximum absolute atomic E-state index is 5.70. The zero-order valence-corrected chi connectivity index (χ0v) is 35.9. The average molecular weight is 937 g/mol. The molecule has 258 valence electrons. The second kappa shape index (κ2) is 41.8. The second-order valence-electron chi connectivity index (χ2n) is 10.8. The molecule has 4 atom stereocenters. The van der Waals surface area contributed by atoms with Crippen LogP contribution >= 0.6 is 0 Å². The van der Waals surface area contributed by atoms with E-state index < -0.39 is 0 Å². The summed E-state index contributed by atoms with van der Waals surface area (Å²) < 4.78 is 0.845. The largest absolute Gasteiger partial charge is 2.00 e. The monoisotopic (exact) mass is 931 g/mol. The van der Waals surface area contributed by atoms with Crippen LogP contribution in [-0.2, 0) is 34.1 Å². The van der Waals surface area contributed by atoms with Gasteiger partial charge >= 0.3 is 34.1 Å². The van der Waals surface area contributed by atoms with Gasteiger partial charge in [0.25, 0.3) is 0 Å². The summed E-state index contributed by atoms with van der Waals surface area (Å²) in [5.74, 6) is 9.34. The van der Waals surface area contributed by atoms with Crippen LogP contribution in [0.2, 0.25) is 0 Å². The van der Waals surface area contributed by atoms with Gasteiger partial charge in [0.1, 0.15) is 0 Å². The van der Waals surface area contributed by atoms with Crippen LogP contribution in [0.25, 0.3) is 0 Å². The molecule has 0 spiro atoms. The van der Waals surface area contributed by atoms with Crippen LogP contribution < -0.4 is 79.3 Å². The van der Waals surface area contributed by atoms with Crippen LogP contribution in [0, 0.1) is 23.7 Å². The molecule has 4 nitrogen and oxygen atoms in total. The minimum atomic E-state index is 0. The van der Waals surface area contributed by atoms with Crippen molar-refractivity contribution >= 4 is 0 Å². The molecule has 0 aromatic heterocycles. The van der Waals surface area contributed by atoms with E-state index in [2.05, 4.69) is 79.7 Å². The van der Waals surface area contributed by atoms with Gasteiger partial charge in [-0.1, -0.05) is 93.9 Å². The molecule has 0 aromatic carbocycles. The van der Waals surface area contributed by atoms with Gasteiger partial charge in [0.2, 0.25) is 0 Å². The first-order valence-corrected chi connectivity index (χ1v) is 15.3. The summed E-state index contributed by atoms with van der Waals surface area (Å²) in [4.78, 5) is 2.54. The second-order valence-corrected chi connectivity index (χ2v) is 10.8. The fraction of sp³-hybridized carbons (Fsp3) is 1.00. The van der Waals surface area contributed by atoms with E-state index in [0.717, 1.165) is 47.9 Å². The van der Waals surface area contributed by atoms with Gasteiger partial charge in [0, 0.05) is 0 Å². The van der Waals surface area contributed by atoms with Crippen molar-refractivity contribution in [1.82, 2.24) is 10.4 Å². The SMILES string of the molecule is CCCC(CC)C(C)CCC[16N+](CC)(CC)NN.CCCC(CC)C(C)CCC[16N](CC)CC.[Br-].[Br-].[Br-].[Br-].[Cu+2].[Cu+2]. The van der Waals surface area contributed by atoms with Gasteiger partial charge in [0.15, 0.2) is 0 Å². The predicted octanol–water partition coefficient (Wildman–Crippen LogP) is -3.95. The van der Waals surface area contributed by atoms with Crippen molar-refractivity contribution in [3.8, 4) is 0 Å². The van der Waals surface area contributed by atoms with E-state index in [1.165, 1.54) is 83.8 Å². The van der Waals surface area contributed by atoms with Crippen molar-refractivity contribution in [2.75, 3.05) is 39.3 Å². The molecule has 0 aliphatic rings. The predicted molar refractivity (Wildman–Crippen MR) is 155 cm³/mol. The molecule has 0 aliphatic heterocycles. The number of quaternary nitrogens is 1. The number of halogens is 4. The van der Waals surface area contributed by atoms with Crippen LogP contribution in [-0.4, -0.2) is 48.8 Å². The summed E-state index contributed by atoms with van der Waals surface area (Å²) >= 11 is 0. The minimum absolute atomic E-state index is 0. The normalized spacial score (nSPS) is 13.2. The van der Waals surface area contributed by atoms with Crippen molar-refractivity contribution < 1.29 is 107 Å². The van der Waals surface area contributed by atoms with Gasteiger partial charge in [-0.3, -0.25) is 0 Å². The molecule has 0 saturated heterocycles. The Balaban J connectivity index is -0.0000000745. The molecular weight excluding hydrogens is 867 g/mol. The van der Waals surface area contributed by atoms with Gasteiger partial charge in [-0.25, -0.2) is 10.4 Å². The molecule has 0 aliphatic carbocycles. The fourth-order valence-electron chi connectivity index (χ4n) is 5.67. The van der Waals surface area contributed by atoms with E-state index in [9.17, 15) is 0 Å². The Bertz CT molecular complexity index is 428. The molecule has 4 unspecified atom stereocenters. The van der Waals surface area contributed by atoms with Gasteiger partial charge < -0.3 is 72.8 Å². The number of hydrazine groups is 1. The maximum Gasteiger partial charge on any atom is 2.00 e.